The molecule has 0 saturated heterocycles. The summed E-state index contributed by atoms with van der Waals surface area (Å²) in [5, 5.41) is 0. The van der Waals surface area contributed by atoms with E-state index in [-0.39, 0.29) is 5.97 Å². The van der Waals surface area contributed by atoms with Crippen LogP contribution in [0.25, 0.3) is 0 Å². The van der Waals surface area contributed by atoms with Gasteiger partial charge in [-0.05, 0) is 5.56 Å². The largest absolute Gasteiger partial charge is 0.469 e. The molecule has 1 aromatic rings. The third kappa shape index (κ3) is 3.32. The fourth-order valence-corrected chi connectivity index (χ4v) is 2.04. The van der Waals surface area contributed by atoms with E-state index in [9.17, 15) is 4.79 Å². The van der Waals surface area contributed by atoms with Gasteiger partial charge >= 0.3 is 5.97 Å². The molecular weight excluding hydrogens is 228 g/mol. The van der Waals surface area contributed by atoms with Gasteiger partial charge in [-0.2, -0.15) is 0 Å². The molecule has 18 heavy (non-hydrogen) atoms. The molecule has 96 valence electrons. The molecule has 1 aromatic carbocycles. The van der Waals surface area contributed by atoms with Crippen molar-refractivity contribution >= 4 is 11.8 Å². The zero-order valence-corrected chi connectivity index (χ0v) is 10.6. The first-order valence-electron chi connectivity index (χ1n) is 6.18. The van der Waals surface area contributed by atoms with E-state index < -0.39 is 0 Å². The smallest absolute Gasteiger partial charge is 0.307 e. The standard InChI is InChI=1S/C14H18N2O2/c1-18-14(17)7-9-16-10-8-15-13(16)11-12-5-3-2-4-6-12/h2-6H,7-11H2,1H3. The minimum absolute atomic E-state index is 0.166. The van der Waals surface area contributed by atoms with Crippen molar-refractivity contribution in [3.8, 4) is 0 Å². The van der Waals surface area contributed by atoms with Crippen LogP contribution in [-0.4, -0.2) is 43.4 Å². The van der Waals surface area contributed by atoms with Crippen molar-refractivity contribution in [3.05, 3.63) is 35.9 Å². The van der Waals surface area contributed by atoms with Gasteiger partial charge in [-0.25, -0.2) is 0 Å². The Morgan fingerprint density at radius 1 is 1.39 bits per heavy atom. The molecule has 2 rings (SSSR count). The second-order valence-corrected chi connectivity index (χ2v) is 4.27. The summed E-state index contributed by atoms with van der Waals surface area (Å²) in [5.41, 5.74) is 1.25. The van der Waals surface area contributed by atoms with Crippen LogP contribution in [0.3, 0.4) is 0 Å². The monoisotopic (exact) mass is 246 g/mol. The fraction of sp³-hybridized carbons (Fsp3) is 0.429. The highest BCUT2D eigenvalue weighted by atomic mass is 16.5. The Morgan fingerprint density at radius 2 is 2.17 bits per heavy atom. The molecule has 0 bridgehead atoms. The Labute approximate surface area is 107 Å². The second-order valence-electron chi connectivity index (χ2n) is 4.27. The molecule has 0 saturated carbocycles. The van der Waals surface area contributed by atoms with E-state index >= 15 is 0 Å². The molecule has 4 nitrogen and oxygen atoms in total. The van der Waals surface area contributed by atoms with Gasteiger partial charge < -0.3 is 9.64 Å². The summed E-state index contributed by atoms with van der Waals surface area (Å²) in [7, 11) is 1.42. The Hall–Kier alpha value is -1.84. The lowest BCUT2D eigenvalue weighted by molar-refractivity contribution is -0.140. The predicted octanol–water partition coefficient (Wildman–Crippen LogP) is 1.51. The zero-order chi connectivity index (χ0) is 12.8. The Morgan fingerprint density at radius 3 is 2.89 bits per heavy atom. The van der Waals surface area contributed by atoms with Crippen molar-refractivity contribution in [1.29, 1.82) is 0 Å². The van der Waals surface area contributed by atoms with Gasteiger partial charge in [0.25, 0.3) is 0 Å². The summed E-state index contributed by atoms with van der Waals surface area (Å²) in [6.07, 6.45) is 1.26. The highest BCUT2D eigenvalue weighted by molar-refractivity contribution is 5.86. The lowest BCUT2D eigenvalue weighted by Crippen LogP contribution is -2.31. The Bertz CT molecular complexity index is 429. The average molecular weight is 246 g/mol. The normalized spacial score (nSPS) is 14.5. The van der Waals surface area contributed by atoms with Gasteiger partial charge in [0.05, 0.1) is 20.1 Å². The SMILES string of the molecule is COC(=O)CCN1CCN=C1Cc1ccccc1. The fourth-order valence-electron chi connectivity index (χ4n) is 2.04. The maximum absolute atomic E-state index is 11.1. The van der Waals surface area contributed by atoms with Crippen LogP contribution in [0.5, 0.6) is 0 Å². The molecule has 0 aromatic heterocycles. The first kappa shape index (κ1) is 12.6. The number of carbonyl (C=O) groups excluding carboxylic acids is 1. The number of carbonyl (C=O) groups is 1. The molecule has 0 radical (unpaired) electrons. The minimum Gasteiger partial charge on any atom is -0.469 e. The van der Waals surface area contributed by atoms with Crippen molar-refractivity contribution in [2.45, 2.75) is 12.8 Å². The van der Waals surface area contributed by atoms with Crippen LogP contribution in [0.15, 0.2) is 35.3 Å². The first-order chi connectivity index (χ1) is 8.79. The summed E-state index contributed by atoms with van der Waals surface area (Å²) in [6.45, 7) is 2.42. The maximum atomic E-state index is 11.1. The molecule has 0 atom stereocenters. The lowest BCUT2D eigenvalue weighted by Gasteiger charge is -2.19. The van der Waals surface area contributed by atoms with Crippen LogP contribution in [0.4, 0.5) is 0 Å². The van der Waals surface area contributed by atoms with Gasteiger partial charge in [-0.3, -0.25) is 9.79 Å². The number of methoxy groups -OCH3 is 1. The van der Waals surface area contributed by atoms with Crippen LogP contribution in [0.2, 0.25) is 0 Å². The predicted molar refractivity (Wildman–Crippen MR) is 70.7 cm³/mol. The highest BCUT2D eigenvalue weighted by Crippen LogP contribution is 2.09. The van der Waals surface area contributed by atoms with Crippen LogP contribution in [0.1, 0.15) is 12.0 Å². The molecule has 0 fully saturated rings. The minimum atomic E-state index is -0.166. The molecule has 0 spiro atoms. The molecular formula is C14H18N2O2. The van der Waals surface area contributed by atoms with Crippen molar-refractivity contribution in [3.63, 3.8) is 0 Å². The number of nitrogens with zero attached hydrogens (tertiary/aromatic N) is 2. The van der Waals surface area contributed by atoms with Crippen LogP contribution >= 0.6 is 0 Å². The van der Waals surface area contributed by atoms with Gasteiger partial charge in [0, 0.05) is 19.5 Å². The summed E-state index contributed by atoms with van der Waals surface area (Å²) in [5.74, 6) is 0.908. The van der Waals surface area contributed by atoms with E-state index in [1.165, 1.54) is 12.7 Å². The van der Waals surface area contributed by atoms with Gasteiger partial charge in [0.2, 0.25) is 0 Å². The van der Waals surface area contributed by atoms with E-state index in [2.05, 4.69) is 26.8 Å². The quantitative estimate of drug-likeness (QED) is 0.739. The van der Waals surface area contributed by atoms with Gasteiger partial charge in [0.15, 0.2) is 0 Å². The third-order valence-electron chi connectivity index (χ3n) is 3.05. The molecule has 0 aliphatic carbocycles. The summed E-state index contributed by atoms with van der Waals surface area (Å²) in [6, 6.07) is 10.3. The van der Waals surface area contributed by atoms with Crippen LogP contribution in [-0.2, 0) is 16.0 Å². The number of amidine groups is 1. The number of rotatable bonds is 5. The number of benzene rings is 1. The zero-order valence-electron chi connectivity index (χ0n) is 10.6. The molecule has 0 N–H and O–H groups in total. The molecule has 1 heterocycles. The van der Waals surface area contributed by atoms with E-state index in [1.807, 2.05) is 18.2 Å². The first-order valence-corrected chi connectivity index (χ1v) is 6.18. The third-order valence-corrected chi connectivity index (χ3v) is 3.05. The highest BCUT2D eigenvalue weighted by Gasteiger charge is 2.17. The van der Waals surface area contributed by atoms with Crippen LogP contribution in [0, 0.1) is 0 Å². The lowest BCUT2D eigenvalue weighted by atomic mass is 10.1. The van der Waals surface area contributed by atoms with Gasteiger partial charge in [0.1, 0.15) is 5.84 Å². The topological polar surface area (TPSA) is 41.9 Å². The summed E-state index contributed by atoms with van der Waals surface area (Å²) >= 11 is 0. The van der Waals surface area contributed by atoms with Crippen LogP contribution < -0.4 is 0 Å². The summed E-state index contributed by atoms with van der Waals surface area (Å²) < 4.78 is 4.66. The second kappa shape index (κ2) is 6.19. The van der Waals surface area contributed by atoms with E-state index in [0.29, 0.717) is 13.0 Å². The molecule has 1 aliphatic heterocycles. The van der Waals surface area contributed by atoms with E-state index in [0.717, 1.165) is 25.3 Å². The van der Waals surface area contributed by atoms with Crippen molar-refractivity contribution in [2.75, 3.05) is 26.7 Å². The number of esters is 1. The van der Waals surface area contributed by atoms with Crippen molar-refractivity contribution in [1.82, 2.24) is 4.90 Å². The van der Waals surface area contributed by atoms with E-state index in [4.69, 9.17) is 0 Å². The molecule has 4 heteroatoms. The van der Waals surface area contributed by atoms with Gasteiger partial charge in [-0.15, -0.1) is 0 Å². The molecule has 1 aliphatic rings. The number of ether oxygens (including phenoxy) is 1. The molecule has 0 amide bonds. The van der Waals surface area contributed by atoms with Crippen molar-refractivity contribution in [2.24, 2.45) is 4.99 Å². The number of aliphatic imine (C=N–C) groups is 1. The average Bonchev–Trinajstić information content (AvgIpc) is 2.84. The maximum Gasteiger partial charge on any atom is 0.307 e. The molecule has 0 unspecified atom stereocenters. The Kier molecular flexibility index (Phi) is 4.34. The number of hydrogen-bond acceptors (Lipinski definition) is 4. The number of hydrogen-bond donors (Lipinski definition) is 0. The van der Waals surface area contributed by atoms with Gasteiger partial charge in [-0.1, -0.05) is 30.3 Å². The summed E-state index contributed by atoms with van der Waals surface area (Å²) in [4.78, 5) is 17.8. The van der Waals surface area contributed by atoms with Crippen molar-refractivity contribution < 1.29 is 9.53 Å². The Balaban J connectivity index is 1.90. The van der Waals surface area contributed by atoms with E-state index in [1.54, 1.807) is 0 Å².